The number of carbonyl (C=O) groups excluding carboxylic acids is 1. The molecule has 0 spiro atoms. The number of nitrogens with zero attached hydrogens (tertiary/aromatic N) is 4. The SMILES string of the molecule is CN1CCC(C(=O)N2CCC(c3ccc4c(N)[nH]nc4n3)CC2)CC1. The Morgan fingerprint density at radius 2 is 1.88 bits per heavy atom. The van der Waals surface area contributed by atoms with E-state index in [0.29, 0.717) is 23.3 Å². The van der Waals surface area contributed by atoms with E-state index in [-0.39, 0.29) is 5.92 Å². The number of likely N-dealkylation sites (tertiary alicyclic amines) is 2. The first-order valence-electron chi connectivity index (χ1n) is 9.19. The van der Waals surface area contributed by atoms with Crippen molar-refractivity contribution in [3.05, 3.63) is 17.8 Å². The Morgan fingerprint density at radius 1 is 1.16 bits per heavy atom. The van der Waals surface area contributed by atoms with E-state index < -0.39 is 0 Å². The average Bonchev–Trinajstić information content (AvgIpc) is 3.02. The Balaban J connectivity index is 1.38. The number of nitrogens with one attached hydrogen (secondary N) is 1. The quantitative estimate of drug-likeness (QED) is 0.865. The lowest BCUT2D eigenvalue weighted by Gasteiger charge is -2.36. The van der Waals surface area contributed by atoms with Crippen LogP contribution in [0.3, 0.4) is 0 Å². The van der Waals surface area contributed by atoms with Crippen LogP contribution in [0.2, 0.25) is 0 Å². The van der Waals surface area contributed by atoms with E-state index in [4.69, 9.17) is 5.73 Å². The standard InChI is InChI=1S/C18H26N6O/c1-23-8-4-13(5-9-23)18(25)24-10-6-12(7-11-24)15-3-2-14-16(19)21-22-17(14)20-15/h2-3,12-13H,4-11H2,1H3,(H3,19,20,21,22). The maximum atomic E-state index is 12.7. The number of fused-ring (bicyclic) bond motifs is 1. The van der Waals surface area contributed by atoms with E-state index in [1.807, 2.05) is 12.1 Å². The van der Waals surface area contributed by atoms with Gasteiger partial charge in [-0.3, -0.25) is 9.89 Å². The number of rotatable bonds is 2. The summed E-state index contributed by atoms with van der Waals surface area (Å²) in [5.74, 6) is 1.53. The van der Waals surface area contributed by atoms with Crippen molar-refractivity contribution in [1.82, 2.24) is 25.0 Å². The zero-order valence-electron chi connectivity index (χ0n) is 14.7. The number of nitrogen functional groups attached to an aromatic ring is 1. The van der Waals surface area contributed by atoms with Crippen LogP contribution in [0.25, 0.3) is 11.0 Å². The normalized spacial score (nSPS) is 21.1. The number of aromatic amines is 1. The average molecular weight is 342 g/mol. The van der Waals surface area contributed by atoms with Gasteiger partial charge in [0.1, 0.15) is 5.82 Å². The monoisotopic (exact) mass is 342 g/mol. The van der Waals surface area contributed by atoms with Crippen molar-refractivity contribution >= 4 is 22.8 Å². The van der Waals surface area contributed by atoms with Crippen LogP contribution in [0.15, 0.2) is 12.1 Å². The van der Waals surface area contributed by atoms with Crippen LogP contribution >= 0.6 is 0 Å². The van der Waals surface area contributed by atoms with E-state index >= 15 is 0 Å². The Bertz CT molecular complexity index is 756. The first-order chi connectivity index (χ1) is 12.1. The smallest absolute Gasteiger partial charge is 0.225 e. The summed E-state index contributed by atoms with van der Waals surface area (Å²) < 4.78 is 0. The third-order valence-corrected chi connectivity index (χ3v) is 5.76. The summed E-state index contributed by atoms with van der Waals surface area (Å²) >= 11 is 0. The number of anilines is 1. The first-order valence-corrected chi connectivity index (χ1v) is 9.19. The molecular formula is C18H26N6O. The number of aromatic nitrogens is 3. The lowest BCUT2D eigenvalue weighted by Crippen LogP contribution is -2.44. The summed E-state index contributed by atoms with van der Waals surface area (Å²) in [6.45, 7) is 3.73. The summed E-state index contributed by atoms with van der Waals surface area (Å²) in [5.41, 5.74) is 7.57. The molecule has 2 aromatic rings. The number of nitrogens with two attached hydrogens (primary N) is 1. The number of hydrogen-bond acceptors (Lipinski definition) is 5. The Morgan fingerprint density at radius 3 is 2.60 bits per heavy atom. The largest absolute Gasteiger partial charge is 0.384 e. The number of H-pyrrole nitrogens is 1. The Hall–Kier alpha value is -2.15. The molecule has 2 aliphatic heterocycles. The zero-order valence-corrected chi connectivity index (χ0v) is 14.7. The number of pyridine rings is 1. The molecule has 3 N–H and O–H groups in total. The van der Waals surface area contributed by atoms with Gasteiger partial charge in [0.25, 0.3) is 0 Å². The molecule has 0 atom stereocenters. The molecule has 7 heteroatoms. The second-order valence-electron chi connectivity index (χ2n) is 7.42. The molecule has 2 aromatic heterocycles. The number of amides is 1. The predicted molar refractivity (Wildman–Crippen MR) is 97.1 cm³/mol. The van der Waals surface area contributed by atoms with Crippen LogP contribution in [0.4, 0.5) is 5.82 Å². The lowest BCUT2D eigenvalue weighted by molar-refractivity contribution is -0.138. The van der Waals surface area contributed by atoms with Gasteiger partial charge in [-0.2, -0.15) is 5.10 Å². The molecule has 2 aliphatic rings. The van der Waals surface area contributed by atoms with Crippen molar-refractivity contribution in [3.8, 4) is 0 Å². The molecule has 7 nitrogen and oxygen atoms in total. The van der Waals surface area contributed by atoms with Crippen LogP contribution in [-0.2, 0) is 4.79 Å². The van der Waals surface area contributed by atoms with Gasteiger partial charge >= 0.3 is 0 Å². The summed E-state index contributed by atoms with van der Waals surface area (Å²) in [6.07, 6.45) is 3.93. The molecule has 1 amide bonds. The van der Waals surface area contributed by atoms with Gasteiger partial charge in [0.2, 0.25) is 5.91 Å². The van der Waals surface area contributed by atoms with Crippen molar-refractivity contribution in [2.45, 2.75) is 31.6 Å². The summed E-state index contributed by atoms with van der Waals surface area (Å²) in [5, 5.41) is 7.81. The highest BCUT2D eigenvalue weighted by atomic mass is 16.2. The Kier molecular flexibility index (Phi) is 4.33. The van der Waals surface area contributed by atoms with Gasteiger partial charge in [0.05, 0.1) is 5.39 Å². The second-order valence-corrected chi connectivity index (χ2v) is 7.42. The van der Waals surface area contributed by atoms with E-state index in [1.54, 1.807) is 0 Å². The molecule has 0 radical (unpaired) electrons. The van der Waals surface area contributed by atoms with Crippen molar-refractivity contribution in [3.63, 3.8) is 0 Å². The van der Waals surface area contributed by atoms with Gasteiger partial charge in [-0.15, -0.1) is 0 Å². The van der Waals surface area contributed by atoms with Gasteiger partial charge in [-0.05, 0) is 58.0 Å². The van der Waals surface area contributed by atoms with Crippen molar-refractivity contribution in [2.75, 3.05) is 39.0 Å². The van der Waals surface area contributed by atoms with Crippen LogP contribution in [0.1, 0.15) is 37.3 Å². The fourth-order valence-electron chi connectivity index (χ4n) is 4.07. The number of piperidine rings is 2. The van der Waals surface area contributed by atoms with E-state index in [2.05, 4.69) is 32.0 Å². The third-order valence-electron chi connectivity index (χ3n) is 5.76. The molecule has 25 heavy (non-hydrogen) atoms. The molecule has 0 aliphatic carbocycles. The molecule has 2 saturated heterocycles. The van der Waals surface area contributed by atoms with Gasteiger partial charge < -0.3 is 15.5 Å². The number of hydrogen-bond donors (Lipinski definition) is 2. The molecule has 0 aromatic carbocycles. The summed E-state index contributed by atoms with van der Waals surface area (Å²) in [4.78, 5) is 21.8. The third kappa shape index (κ3) is 3.20. The molecule has 4 heterocycles. The fraction of sp³-hybridized carbons (Fsp3) is 0.611. The van der Waals surface area contributed by atoms with Crippen molar-refractivity contribution < 1.29 is 4.79 Å². The molecule has 0 saturated carbocycles. The molecule has 0 unspecified atom stereocenters. The molecule has 2 fully saturated rings. The second kappa shape index (κ2) is 6.63. The topological polar surface area (TPSA) is 91.1 Å². The maximum Gasteiger partial charge on any atom is 0.225 e. The highest BCUT2D eigenvalue weighted by molar-refractivity contribution is 5.85. The summed E-state index contributed by atoms with van der Waals surface area (Å²) in [6, 6.07) is 4.04. The van der Waals surface area contributed by atoms with Crippen molar-refractivity contribution in [2.24, 2.45) is 5.92 Å². The van der Waals surface area contributed by atoms with E-state index in [1.165, 1.54) is 0 Å². The minimum Gasteiger partial charge on any atom is -0.384 e. The van der Waals surface area contributed by atoms with Gasteiger partial charge in [0.15, 0.2) is 5.65 Å². The predicted octanol–water partition coefficient (Wildman–Crippen LogP) is 1.59. The zero-order chi connectivity index (χ0) is 17.4. The van der Waals surface area contributed by atoms with Crippen molar-refractivity contribution in [1.29, 1.82) is 0 Å². The maximum absolute atomic E-state index is 12.7. The van der Waals surface area contributed by atoms with Crippen LogP contribution in [-0.4, -0.2) is 64.1 Å². The lowest BCUT2D eigenvalue weighted by atomic mass is 9.90. The Labute approximate surface area is 147 Å². The summed E-state index contributed by atoms with van der Waals surface area (Å²) in [7, 11) is 2.13. The van der Waals surface area contributed by atoms with E-state index in [0.717, 1.165) is 62.9 Å². The van der Waals surface area contributed by atoms with Crippen LogP contribution < -0.4 is 5.73 Å². The minimum atomic E-state index is 0.217. The van der Waals surface area contributed by atoms with E-state index in [9.17, 15) is 4.79 Å². The molecule has 0 bridgehead atoms. The molecular weight excluding hydrogens is 316 g/mol. The fourth-order valence-corrected chi connectivity index (χ4v) is 4.07. The molecule has 4 rings (SSSR count). The number of carbonyl (C=O) groups is 1. The van der Waals surface area contributed by atoms with Gasteiger partial charge in [-0.25, -0.2) is 4.98 Å². The van der Waals surface area contributed by atoms with Crippen LogP contribution in [0, 0.1) is 5.92 Å². The first kappa shape index (κ1) is 16.3. The van der Waals surface area contributed by atoms with Gasteiger partial charge in [0, 0.05) is 30.6 Å². The molecule has 134 valence electrons. The van der Waals surface area contributed by atoms with Gasteiger partial charge in [-0.1, -0.05) is 0 Å². The van der Waals surface area contributed by atoms with Crippen LogP contribution in [0.5, 0.6) is 0 Å². The highest BCUT2D eigenvalue weighted by Gasteiger charge is 2.30. The minimum absolute atomic E-state index is 0.217. The highest BCUT2D eigenvalue weighted by Crippen LogP contribution is 2.30.